The van der Waals surface area contributed by atoms with Gasteiger partial charge in [0.25, 0.3) is 5.91 Å². The highest BCUT2D eigenvalue weighted by molar-refractivity contribution is 6.35. The molecule has 0 bridgehead atoms. The van der Waals surface area contributed by atoms with Crippen LogP contribution in [0.4, 0.5) is 13.2 Å². The third kappa shape index (κ3) is 6.01. The molecule has 0 spiro atoms. The lowest BCUT2D eigenvalue weighted by Crippen LogP contribution is -2.48. The van der Waals surface area contributed by atoms with Gasteiger partial charge < -0.3 is 9.64 Å². The Hall–Kier alpha value is -1.96. The molecule has 1 fully saturated rings. The van der Waals surface area contributed by atoms with E-state index in [-0.39, 0.29) is 11.7 Å². The summed E-state index contributed by atoms with van der Waals surface area (Å²) in [5, 5.41) is 1.21. The molecule has 0 unspecified atom stereocenters. The van der Waals surface area contributed by atoms with E-state index in [4.69, 9.17) is 27.9 Å². The lowest BCUT2D eigenvalue weighted by atomic mass is 10.1. The number of halogens is 5. The Kier molecular flexibility index (Phi) is 6.93. The zero-order valence-electron chi connectivity index (χ0n) is 15.4. The standard InChI is InChI=1S/C20H19Cl2F3N2O2/c21-17-5-2-6-18(22)16(17)12-26-7-9-27(10-8-26)19(28)14-3-1-4-15(11-14)29-13-20(23,24)25/h1-6,11H,7-10,12-13H2. The van der Waals surface area contributed by atoms with Crippen LogP contribution in [-0.2, 0) is 6.54 Å². The molecule has 2 aromatic carbocycles. The first-order valence-corrected chi connectivity index (χ1v) is 9.73. The van der Waals surface area contributed by atoms with Crippen LogP contribution in [0.2, 0.25) is 10.0 Å². The van der Waals surface area contributed by atoms with Gasteiger partial charge in [-0.05, 0) is 30.3 Å². The summed E-state index contributed by atoms with van der Waals surface area (Å²) in [6.07, 6.45) is -4.43. The van der Waals surface area contributed by atoms with Crippen molar-refractivity contribution < 1.29 is 22.7 Å². The molecule has 1 saturated heterocycles. The van der Waals surface area contributed by atoms with Gasteiger partial charge in [-0.3, -0.25) is 9.69 Å². The molecule has 0 radical (unpaired) electrons. The number of benzene rings is 2. The molecule has 0 aliphatic carbocycles. The number of rotatable bonds is 5. The highest BCUT2D eigenvalue weighted by Crippen LogP contribution is 2.26. The summed E-state index contributed by atoms with van der Waals surface area (Å²) in [6, 6.07) is 11.2. The van der Waals surface area contributed by atoms with Gasteiger partial charge in [-0.2, -0.15) is 13.2 Å². The fraction of sp³-hybridized carbons (Fsp3) is 0.350. The van der Waals surface area contributed by atoms with Gasteiger partial charge in [0.15, 0.2) is 6.61 Å². The molecule has 156 valence electrons. The molecule has 1 amide bonds. The molecule has 1 aliphatic heterocycles. The molecule has 1 heterocycles. The summed E-state index contributed by atoms with van der Waals surface area (Å²) >= 11 is 12.4. The summed E-state index contributed by atoms with van der Waals surface area (Å²) < 4.78 is 41.7. The Balaban J connectivity index is 1.57. The lowest BCUT2D eigenvalue weighted by Gasteiger charge is -2.35. The van der Waals surface area contributed by atoms with Crippen molar-refractivity contribution in [3.8, 4) is 5.75 Å². The molecule has 4 nitrogen and oxygen atoms in total. The summed E-state index contributed by atoms with van der Waals surface area (Å²) in [5.41, 5.74) is 1.15. The summed E-state index contributed by atoms with van der Waals surface area (Å²) in [5.74, 6) is -0.224. The van der Waals surface area contributed by atoms with Gasteiger partial charge in [0.2, 0.25) is 0 Å². The molecule has 9 heteroatoms. The van der Waals surface area contributed by atoms with E-state index in [0.29, 0.717) is 48.3 Å². The normalized spacial score (nSPS) is 15.4. The maximum Gasteiger partial charge on any atom is 0.422 e. The minimum absolute atomic E-state index is 0.0140. The van der Waals surface area contributed by atoms with E-state index in [1.54, 1.807) is 29.2 Å². The minimum atomic E-state index is -4.43. The van der Waals surface area contributed by atoms with Crippen LogP contribution in [-0.4, -0.2) is 54.7 Å². The molecule has 0 saturated carbocycles. The molecule has 3 rings (SSSR count). The second kappa shape index (κ2) is 9.24. The zero-order valence-corrected chi connectivity index (χ0v) is 16.9. The van der Waals surface area contributed by atoms with E-state index in [1.165, 1.54) is 18.2 Å². The lowest BCUT2D eigenvalue weighted by molar-refractivity contribution is -0.153. The second-order valence-corrected chi connectivity index (χ2v) is 7.51. The van der Waals surface area contributed by atoms with Crippen molar-refractivity contribution in [1.29, 1.82) is 0 Å². The third-order valence-corrected chi connectivity index (χ3v) is 5.29. The third-order valence-electron chi connectivity index (χ3n) is 4.59. The summed E-state index contributed by atoms with van der Waals surface area (Å²) in [6.45, 7) is 1.45. The van der Waals surface area contributed by atoms with E-state index in [9.17, 15) is 18.0 Å². The number of piperazine rings is 1. The van der Waals surface area contributed by atoms with Crippen LogP contribution in [0, 0.1) is 0 Å². The van der Waals surface area contributed by atoms with Crippen LogP contribution < -0.4 is 4.74 Å². The Morgan fingerprint density at radius 3 is 2.24 bits per heavy atom. The van der Waals surface area contributed by atoms with E-state index < -0.39 is 12.8 Å². The van der Waals surface area contributed by atoms with Gasteiger partial charge in [0.1, 0.15) is 5.75 Å². The van der Waals surface area contributed by atoms with Crippen LogP contribution in [0.5, 0.6) is 5.75 Å². The van der Waals surface area contributed by atoms with Crippen molar-refractivity contribution in [3.63, 3.8) is 0 Å². The Labute approximate surface area is 176 Å². The second-order valence-electron chi connectivity index (χ2n) is 6.70. The van der Waals surface area contributed by atoms with Gasteiger partial charge in [-0.15, -0.1) is 0 Å². The van der Waals surface area contributed by atoms with Gasteiger partial charge in [-0.1, -0.05) is 35.3 Å². The number of nitrogens with zero attached hydrogens (tertiary/aromatic N) is 2. The van der Waals surface area contributed by atoms with Crippen molar-refractivity contribution in [2.24, 2.45) is 0 Å². The average Bonchev–Trinajstić information content (AvgIpc) is 2.69. The maximum atomic E-state index is 12.7. The van der Waals surface area contributed by atoms with Gasteiger partial charge in [-0.25, -0.2) is 0 Å². The predicted octanol–water partition coefficient (Wildman–Crippen LogP) is 4.89. The number of ether oxygens (including phenoxy) is 1. The Bertz CT molecular complexity index is 849. The number of carbonyl (C=O) groups is 1. The number of amides is 1. The van der Waals surface area contributed by atoms with Crippen molar-refractivity contribution in [2.75, 3.05) is 32.8 Å². The first-order valence-electron chi connectivity index (χ1n) is 8.97. The van der Waals surface area contributed by atoms with Crippen LogP contribution in [0.1, 0.15) is 15.9 Å². The molecular weight excluding hydrogens is 428 g/mol. The van der Waals surface area contributed by atoms with E-state index in [1.807, 2.05) is 0 Å². The highest BCUT2D eigenvalue weighted by Gasteiger charge is 2.29. The summed E-state index contributed by atoms with van der Waals surface area (Å²) in [7, 11) is 0. The number of carbonyl (C=O) groups excluding carboxylic acids is 1. The van der Waals surface area contributed by atoms with Gasteiger partial charge in [0, 0.05) is 53.9 Å². The maximum absolute atomic E-state index is 12.7. The predicted molar refractivity (Wildman–Crippen MR) is 106 cm³/mol. The average molecular weight is 447 g/mol. The van der Waals surface area contributed by atoms with Crippen LogP contribution in [0.25, 0.3) is 0 Å². The fourth-order valence-corrected chi connectivity index (χ4v) is 3.60. The van der Waals surface area contributed by atoms with Gasteiger partial charge >= 0.3 is 6.18 Å². The fourth-order valence-electron chi connectivity index (χ4n) is 3.08. The zero-order chi connectivity index (χ0) is 21.0. The van der Waals surface area contributed by atoms with Crippen LogP contribution in [0.15, 0.2) is 42.5 Å². The van der Waals surface area contributed by atoms with E-state index >= 15 is 0 Å². The molecule has 0 atom stereocenters. The Morgan fingerprint density at radius 2 is 1.62 bits per heavy atom. The number of hydrogen-bond donors (Lipinski definition) is 0. The van der Waals surface area contributed by atoms with E-state index in [2.05, 4.69) is 4.90 Å². The van der Waals surface area contributed by atoms with Crippen molar-refractivity contribution in [1.82, 2.24) is 9.80 Å². The molecule has 0 aromatic heterocycles. The first kappa shape index (κ1) is 21.7. The van der Waals surface area contributed by atoms with Crippen molar-refractivity contribution in [3.05, 3.63) is 63.6 Å². The number of hydrogen-bond acceptors (Lipinski definition) is 3. The largest absolute Gasteiger partial charge is 0.484 e. The SMILES string of the molecule is O=C(c1cccc(OCC(F)(F)F)c1)N1CCN(Cc2c(Cl)cccc2Cl)CC1. The molecule has 2 aromatic rings. The van der Waals surface area contributed by atoms with Crippen LogP contribution >= 0.6 is 23.2 Å². The topological polar surface area (TPSA) is 32.8 Å². The van der Waals surface area contributed by atoms with Crippen LogP contribution in [0.3, 0.4) is 0 Å². The quantitative estimate of drug-likeness (QED) is 0.655. The monoisotopic (exact) mass is 446 g/mol. The molecular formula is C20H19Cl2F3N2O2. The Morgan fingerprint density at radius 1 is 1.00 bits per heavy atom. The molecule has 29 heavy (non-hydrogen) atoms. The minimum Gasteiger partial charge on any atom is -0.484 e. The van der Waals surface area contributed by atoms with Gasteiger partial charge in [0.05, 0.1) is 0 Å². The van der Waals surface area contributed by atoms with Crippen molar-refractivity contribution in [2.45, 2.75) is 12.7 Å². The summed E-state index contributed by atoms with van der Waals surface area (Å²) in [4.78, 5) is 16.5. The smallest absolute Gasteiger partial charge is 0.422 e. The molecule has 1 aliphatic rings. The van der Waals surface area contributed by atoms with E-state index in [0.717, 1.165) is 5.56 Å². The highest BCUT2D eigenvalue weighted by atomic mass is 35.5. The van der Waals surface area contributed by atoms with Crippen molar-refractivity contribution >= 4 is 29.1 Å². The number of alkyl halides is 3. The molecule has 0 N–H and O–H groups in total. The first-order chi connectivity index (χ1) is 13.7.